The maximum Gasteiger partial charge on any atom is 0.191 e. The van der Waals surface area contributed by atoms with Gasteiger partial charge in [-0.2, -0.15) is 0 Å². The van der Waals surface area contributed by atoms with E-state index in [1.54, 1.807) is 11.8 Å². The van der Waals surface area contributed by atoms with Crippen LogP contribution in [0.5, 0.6) is 0 Å². The second-order valence-corrected chi connectivity index (χ2v) is 9.73. The van der Waals surface area contributed by atoms with E-state index in [4.69, 9.17) is 9.97 Å². The lowest BCUT2D eigenvalue weighted by molar-refractivity contribution is 0.638. The Bertz CT molecular complexity index is 1480. The third kappa shape index (κ3) is 5.22. The molecule has 6 rings (SSSR count). The van der Waals surface area contributed by atoms with E-state index in [0.717, 1.165) is 61.0 Å². The number of anilines is 4. The number of piperazine rings is 1. The number of fused-ring (bicyclic) bond motifs is 1. The van der Waals surface area contributed by atoms with Crippen molar-refractivity contribution < 1.29 is 0 Å². The molecule has 0 unspecified atom stereocenters. The predicted molar refractivity (Wildman–Crippen MR) is 151 cm³/mol. The molecule has 0 spiro atoms. The van der Waals surface area contributed by atoms with E-state index >= 15 is 0 Å². The summed E-state index contributed by atoms with van der Waals surface area (Å²) < 4.78 is 2.26. The van der Waals surface area contributed by atoms with Crippen molar-refractivity contribution in [2.45, 2.75) is 11.7 Å². The summed E-state index contributed by atoms with van der Waals surface area (Å²) in [6.07, 6.45) is 9.67. The third-order valence-electron chi connectivity index (χ3n) is 6.60. The van der Waals surface area contributed by atoms with E-state index in [1.165, 1.54) is 16.5 Å². The molecule has 4 aromatic heterocycles. The lowest BCUT2D eigenvalue weighted by atomic mass is 10.2. The van der Waals surface area contributed by atoms with Crippen molar-refractivity contribution in [3.05, 3.63) is 91.0 Å². The average molecular weight is 509 g/mol. The minimum absolute atomic E-state index is 0.761. The maximum absolute atomic E-state index is 4.80. The largest absolute Gasteiger partial charge is 0.353 e. The third-order valence-corrected chi connectivity index (χ3v) is 7.15. The average Bonchev–Trinajstić information content (AvgIpc) is 3.35. The highest BCUT2D eigenvalue weighted by molar-refractivity contribution is 7.98. The summed E-state index contributed by atoms with van der Waals surface area (Å²) in [6, 6.07) is 20.8. The Labute approximate surface area is 220 Å². The number of nitrogens with zero attached hydrogens (tertiary/aromatic N) is 7. The van der Waals surface area contributed by atoms with Crippen LogP contribution in [-0.2, 0) is 6.54 Å². The van der Waals surface area contributed by atoms with Gasteiger partial charge < -0.3 is 19.7 Å². The van der Waals surface area contributed by atoms with Gasteiger partial charge in [-0.15, -0.1) is 0 Å². The number of pyridine rings is 2. The molecule has 0 radical (unpaired) electrons. The molecule has 186 valence electrons. The first-order valence-corrected chi connectivity index (χ1v) is 13.6. The van der Waals surface area contributed by atoms with Gasteiger partial charge in [0, 0.05) is 80.2 Å². The quantitative estimate of drug-likeness (QED) is 0.242. The van der Waals surface area contributed by atoms with Crippen molar-refractivity contribution in [3.63, 3.8) is 0 Å². The number of nitrogens with one attached hydrogen (secondary N) is 1. The molecule has 1 saturated heterocycles. The van der Waals surface area contributed by atoms with Crippen LogP contribution >= 0.6 is 11.8 Å². The molecule has 1 aliphatic rings. The van der Waals surface area contributed by atoms with Crippen molar-refractivity contribution in [2.24, 2.45) is 0 Å². The first-order chi connectivity index (χ1) is 18.2. The van der Waals surface area contributed by atoms with Crippen molar-refractivity contribution in [1.29, 1.82) is 0 Å². The number of benzene rings is 1. The highest BCUT2D eigenvalue weighted by Crippen LogP contribution is 2.27. The van der Waals surface area contributed by atoms with Gasteiger partial charge in [-0.25, -0.2) is 15.0 Å². The van der Waals surface area contributed by atoms with Gasteiger partial charge in [0.25, 0.3) is 0 Å². The van der Waals surface area contributed by atoms with Crippen LogP contribution in [0.3, 0.4) is 0 Å². The van der Waals surface area contributed by atoms with Crippen LogP contribution in [0.2, 0.25) is 0 Å². The normalized spacial score (nSPS) is 13.8. The highest BCUT2D eigenvalue weighted by atomic mass is 32.2. The van der Waals surface area contributed by atoms with Gasteiger partial charge in [0.15, 0.2) is 5.16 Å². The highest BCUT2D eigenvalue weighted by Gasteiger charge is 2.20. The molecule has 8 nitrogen and oxygen atoms in total. The lowest BCUT2D eigenvalue weighted by Gasteiger charge is -2.36. The number of rotatable bonds is 7. The number of aromatic nitrogens is 5. The molecule has 1 aromatic carbocycles. The fraction of sp³-hybridized carbons (Fsp3) is 0.214. The van der Waals surface area contributed by atoms with E-state index < -0.39 is 0 Å². The SMILES string of the molecule is CSc1nc(Nc2ccc3c(ccn3Cc3ccncc3)c2)cc(N2CCN(c3ccccn3)CC2)n1. The van der Waals surface area contributed by atoms with Crippen molar-refractivity contribution in [2.75, 3.05) is 47.6 Å². The van der Waals surface area contributed by atoms with Gasteiger partial charge in [0.2, 0.25) is 0 Å². The number of hydrogen-bond donors (Lipinski definition) is 1. The monoisotopic (exact) mass is 508 g/mol. The summed E-state index contributed by atoms with van der Waals surface area (Å²) in [5.74, 6) is 2.78. The molecular weight excluding hydrogens is 480 g/mol. The van der Waals surface area contributed by atoms with Gasteiger partial charge in [-0.1, -0.05) is 17.8 Å². The fourth-order valence-electron chi connectivity index (χ4n) is 4.68. The fourth-order valence-corrected chi connectivity index (χ4v) is 5.06. The molecule has 1 aliphatic heterocycles. The maximum atomic E-state index is 4.80. The minimum atomic E-state index is 0.761. The lowest BCUT2D eigenvalue weighted by Crippen LogP contribution is -2.47. The molecule has 5 heterocycles. The molecule has 0 atom stereocenters. The van der Waals surface area contributed by atoms with E-state index in [0.29, 0.717) is 0 Å². The zero-order valence-electron chi connectivity index (χ0n) is 20.7. The molecule has 1 fully saturated rings. The summed E-state index contributed by atoms with van der Waals surface area (Å²) in [5, 5.41) is 5.46. The molecule has 0 amide bonds. The molecular formula is C28H28N8S. The molecule has 9 heteroatoms. The van der Waals surface area contributed by atoms with Gasteiger partial charge in [0.1, 0.15) is 17.5 Å². The Morgan fingerprint density at radius 3 is 2.41 bits per heavy atom. The molecule has 1 N–H and O–H groups in total. The molecule has 5 aromatic rings. The standard InChI is InChI=1S/C28H28N8S/c1-37-28-32-25(19-27(33-28)35-16-14-34(15-17-35)26-4-2-3-10-30-26)31-23-5-6-24-22(18-23)9-13-36(24)20-21-7-11-29-12-8-21/h2-13,18-19H,14-17,20H2,1H3,(H,31,32,33). The van der Waals surface area contributed by atoms with Crippen molar-refractivity contribution >= 4 is 45.8 Å². The first kappa shape index (κ1) is 23.3. The Hall–Kier alpha value is -4.11. The molecule has 37 heavy (non-hydrogen) atoms. The number of hydrogen-bond acceptors (Lipinski definition) is 8. The second kappa shape index (κ2) is 10.5. The molecule has 0 aliphatic carbocycles. The Morgan fingerprint density at radius 2 is 1.65 bits per heavy atom. The van der Waals surface area contributed by atoms with Gasteiger partial charge in [-0.3, -0.25) is 4.98 Å². The zero-order valence-corrected chi connectivity index (χ0v) is 21.5. The van der Waals surface area contributed by atoms with Crippen molar-refractivity contribution in [1.82, 2.24) is 24.5 Å². The van der Waals surface area contributed by atoms with E-state index in [9.17, 15) is 0 Å². The van der Waals surface area contributed by atoms with Gasteiger partial charge >= 0.3 is 0 Å². The summed E-state index contributed by atoms with van der Waals surface area (Å²) in [5.41, 5.74) is 3.43. The Morgan fingerprint density at radius 1 is 0.838 bits per heavy atom. The number of thioether (sulfide) groups is 1. The zero-order chi connectivity index (χ0) is 25.0. The van der Waals surface area contributed by atoms with Crippen LogP contribution in [0.25, 0.3) is 10.9 Å². The Kier molecular flexibility index (Phi) is 6.60. The smallest absolute Gasteiger partial charge is 0.191 e. The van der Waals surface area contributed by atoms with E-state index in [-0.39, 0.29) is 0 Å². The van der Waals surface area contributed by atoms with Gasteiger partial charge in [-0.05, 0) is 60.4 Å². The Balaban J connectivity index is 1.18. The summed E-state index contributed by atoms with van der Waals surface area (Å²) in [7, 11) is 0. The van der Waals surface area contributed by atoms with Crippen LogP contribution < -0.4 is 15.1 Å². The summed E-state index contributed by atoms with van der Waals surface area (Å²) in [4.78, 5) is 22.8. The van der Waals surface area contributed by atoms with Crippen LogP contribution in [0.15, 0.2) is 90.6 Å². The van der Waals surface area contributed by atoms with Crippen LogP contribution in [0, 0.1) is 0 Å². The van der Waals surface area contributed by atoms with Crippen molar-refractivity contribution in [3.8, 4) is 0 Å². The van der Waals surface area contributed by atoms with Crippen LogP contribution in [-0.4, -0.2) is 56.9 Å². The molecule has 0 bridgehead atoms. The molecule has 0 saturated carbocycles. The minimum Gasteiger partial charge on any atom is -0.353 e. The first-order valence-electron chi connectivity index (χ1n) is 12.3. The topological polar surface area (TPSA) is 75.0 Å². The van der Waals surface area contributed by atoms with E-state index in [2.05, 4.69) is 84.4 Å². The van der Waals surface area contributed by atoms with E-state index in [1.807, 2.05) is 37.0 Å². The van der Waals surface area contributed by atoms with Crippen LogP contribution in [0.4, 0.5) is 23.1 Å². The van der Waals surface area contributed by atoms with Gasteiger partial charge in [0.05, 0.1) is 0 Å². The van der Waals surface area contributed by atoms with Crippen LogP contribution in [0.1, 0.15) is 5.56 Å². The summed E-state index contributed by atoms with van der Waals surface area (Å²) >= 11 is 1.56. The predicted octanol–water partition coefficient (Wildman–Crippen LogP) is 5.06. The summed E-state index contributed by atoms with van der Waals surface area (Å²) in [6.45, 7) is 4.41. The second-order valence-electron chi connectivity index (χ2n) is 8.96.